The fourth-order valence-corrected chi connectivity index (χ4v) is 7.52. The minimum atomic E-state index is 0.358. The number of anilines is 5. The number of thioether (sulfide) groups is 1. The lowest BCUT2D eigenvalue weighted by Gasteiger charge is -2.43. The summed E-state index contributed by atoms with van der Waals surface area (Å²) >= 11 is 1.75. The highest BCUT2D eigenvalue weighted by molar-refractivity contribution is 8.00. The van der Waals surface area contributed by atoms with Crippen molar-refractivity contribution in [2.24, 2.45) is 0 Å². The quantitative estimate of drug-likeness (QED) is 0.167. The summed E-state index contributed by atoms with van der Waals surface area (Å²) in [5, 5.41) is 7.37. The SMILES string of the molecule is C=Cc1cnc(Nc2cc(CC)c(N3CCC(N4CCN(C)CC4)CC3)cc2OC)nc1Nc1ccc2nccnc2c1SC(C)C. The molecule has 0 unspecified atom stereocenters. The highest BCUT2D eigenvalue weighted by atomic mass is 32.2. The van der Waals surface area contributed by atoms with Gasteiger partial charge in [-0.3, -0.25) is 14.9 Å². The molecule has 47 heavy (non-hydrogen) atoms. The number of ether oxygens (including phenoxy) is 1. The van der Waals surface area contributed by atoms with Crippen molar-refractivity contribution in [2.75, 3.05) is 69.0 Å². The molecule has 4 heterocycles. The van der Waals surface area contributed by atoms with E-state index in [2.05, 4.69) is 86.8 Å². The Labute approximate surface area is 283 Å². The van der Waals surface area contributed by atoms with Crippen LogP contribution in [-0.4, -0.2) is 94.5 Å². The zero-order valence-corrected chi connectivity index (χ0v) is 29.1. The topological polar surface area (TPSA) is 94.6 Å². The lowest BCUT2D eigenvalue weighted by Crippen LogP contribution is -2.52. The van der Waals surface area contributed by atoms with Crippen molar-refractivity contribution in [2.45, 2.75) is 56.2 Å². The third-order valence-corrected chi connectivity index (χ3v) is 10.2. The number of hydrogen-bond acceptors (Lipinski definition) is 11. The van der Waals surface area contributed by atoms with E-state index in [1.54, 1.807) is 43.5 Å². The Morgan fingerprint density at radius 2 is 1.77 bits per heavy atom. The Morgan fingerprint density at radius 3 is 2.47 bits per heavy atom. The summed E-state index contributed by atoms with van der Waals surface area (Å²) in [4.78, 5) is 27.4. The maximum absolute atomic E-state index is 5.93. The molecule has 0 bridgehead atoms. The molecular weight excluding hydrogens is 607 g/mol. The third kappa shape index (κ3) is 7.47. The predicted molar refractivity (Wildman–Crippen MR) is 196 cm³/mol. The van der Waals surface area contributed by atoms with E-state index >= 15 is 0 Å². The average molecular weight is 654 g/mol. The minimum Gasteiger partial charge on any atom is -0.494 e. The lowest BCUT2D eigenvalue weighted by atomic mass is 9.99. The van der Waals surface area contributed by atoms with Crippen LogP contribution in [-0.2, 0) is 6.42 Å². The second-order valence-electron chi connectivity index (χ2n) is 12.6. The molecule has 0 aliphatic carbocycles. The van der Waals surface area contributed by atoms with Crippen LogP contribution in [0.3, 0.4) is 0 Å². The molecule has 0 saturated carbocycles. The monoisotopic (exact) mass is 653 g/mol. The van der Waals surface area contributed by atoms with Crippen molar-refractivity contribution in [3.63, 3.8) is 0 Å². The van der Waals surface area contributed by atoms with Crippen LogP contribution in [0, 0.1) is 0 Å². The highest BCUT2D eigenvalue weighted by Gasteiger charge is 2.28. The van der Waals surface area contributed by atoms with Crippen LogP contribution in [0.4, 0.5) is 28.8 Å². The van der Waals surface area contributed by atoms with Gasteiger partial charge in [0, 0.05) is 86.5 Å². The van der Waals surface area contributed by atoms with Gasteiger partial charge in [-0.1, -0.05) is 33.4 Å². The molecule has 0 atom stereocenters. The van der Waals surface area contributed by atoms with Gasteiger partial charge in [0.15, 0.2) is 0 Å². The number of likely N-dealkylation sites (N-methyl/N-ethyl adjacent to an activating group) is 1. The number of hydrogen-bond donors (Lipinski definition) is 2. The van der Waals surface area contributed by atoms with Crippen molar-refractivity contribution in [3.05, 3.63) is 60.6 Å². The Morgan fingerprint density at radius 1 is 1.00 bits per heavy atom. The minimum absolute atomic E-state index is 0.358. The van der Waals surface area contributed by atoms with Crippen LogP contribution in [0.2, 0.25) is 0 Å². The van der Waals surface area contributed by atoms with Crippen LogP contribution >= 0.6 is 11.8 Å². The molecule has 2 aromatic heterocycles. The number of benzene rings is 2. The summed E-state index contributed by atoms with van der Waals surface area (Å²) in [6.45, 7) is 17.4. The van der Waals surface area contributed by atoms with E-state index in [1.807, 2.05) is 12.1 Å². The lowest BCUT2D eigenvalue weighted by molar-refractivity contribution is 0.0982. The first-order chi connectivity index (χ1) is 22.9. The molecule has 2 aliphatic rings. The first-order valence-electron chi connectivity index (χ1n) is 16.7. The molecule has 0 amide bonds. The molecule has 2 aromatic carbocycles. The number of aryl methyl sites for hydroxylation is 1. The second-order valence-corrected chi connectivity index (χ2v) is 14.2. The second kappa shape index (κ2) is 14.9. The molecule has 0 radical (unpaired) electrons. The van der Waals surface area contributed by atoms with Gasteiger partial charge in [0.25, 0.3) is 0 Å². The van der Waals surface area contributed by atoms with Gasteiger partial charge in [-0.15, -0.1) is 11.8 Å². The molecule has 4 aromatic rings. The summed E-state index contributed by atoms with van der Waals surface area (Å²) in [6.07, 6.45) is 10.3. The van der Waals surface area contributed by atoms with Crippen molar-refractivity contribution in [3.8, 4) is 5.75 Å². The third-order valence-electron chi connectivity index (χ3n) is 9.13. The standard InChI is InChI=1S/C36H47N9OS/c1-7-25-21-30(32(46-6)22-31(25)45-15-11-27(12-16-45)44-19-17-43(5)18-20-44)41-36-39-23-26(8-2)35(42-36)40-29-10-9-28-33(38-14-13-37-28)34(29)47-24(3)4/h8-10,13-14,21-24,27H,2,7,11-12,15-20H2,1,3-6H3,(H2,39,40,41,42). The van der Waals surface area contributed by atoms with Crippen LogP contribution in [0.25, 0.3) is 17.1 Å². The molecule has 2 fully saturated rings. The zero-order chi connectivity index (χ0) is 32.9. The van der Waals surface area contributed by atoms with E-state index in [-0.39, 0.29) is 0 Å². The zero-order valence-electron chi connectivity index (χ0n) is 28.3. The van der Waals surface area contributed by atoms with E-state index in [4.69, 9.17) is 9.72 Å². The van der Waals surface area contributed by atoms with Crippen LogP contribution < -0.4 is 20.3 Å². The number of piperazine rings is 1. The summed E-state index contributed by atoms with van der Waals surface area (Å²) in [7, 11) is 3.95. The summed E-state index contributed by atoms with van der Waals surface area (Å²) < 4.78 is 5.93. The van der Waals surface area contributed by atoms with Crippen molar-refractivity contribution < 1.29 is 4.74 Å². The van der Waals surface area contributed by atoms with E-state index < -0.39 is 0 Å². The Balaban J connectivity index is 1.23. The van der Waals surface area contributed by atoms with E-state index in [0.717, 1.165) is 58.1 Å². The molecular formula is C36H47N9OS. The average Bonchev–Trinajstić information content (AvgIpc) is 3.09. The number of fused-ring (bicyclic) bond motifs is 1. The Kier molecular flexibility index (Phi) is 10.4. The molecule has 0 spiro atoms. The summed E-state index contributed by atoms with van der Waals surface area (Å²) in [6, 6.07) is 9.07. The number of nitrogens with one attached hydrogen (secondary N) is 2. The van der Waals surface area contributed by atoms with E-state index in [1.165, 1.54) is 50.3 Å². The van der Waals surface area contributed by atoms with Crippen LogP contribution in [0.15, 0.2) is 54.3 Å². The van der Waals surface area contributed by atoms with Crippen molar-refractivity contribution >= 4 is 57.7 Å². The number of piperidine rings is 1. The van der Waals surface area contributed by atoms with Gasteiger partial charge in [0.1, 0.15) is 17.1 Å². The van der Waals surface area contributed by atoms with Crippen LogP contribution in [0.1, 0.15) is 44.7 Å². The van der Waals surface area contributed by atoms with Crippen molar-refractivity contribution in [1.82, 2.24) is 29.7 Å². The van der Waals surface area contributed by atoms with Gasteiger partial charge < -0.3 is 25.2 Å². The number of nitrogens with zero attached hydrogens (tertiary/aromatic N) is 7. The van der Waals surface area contributed by atoms with Gasteiger partial charge in [-0.25, -0.2) is 4.98 Å². The van der Waals surface area contributed by atoms with Gasteiger partial charge in [-0.2, -0.15) is 4.98 Å². The molecule has 10 nitrogen and oxygen atoms in total. The van der Waals surface area contributed by atoms with E-state index in [9.17, 15) is 0 Å². The molecule has 6 rings (SSSR count). The highest BCUT2D eigenvalue weighted by Crippen LogP contribution is 2.39. The van der Waals surface area contributed by atoms with Gasteiger partial charge in [-0.05, 0) is 50.1 Å². The number of methoxy groups -OCH3 is 1. The largest absolute Gasteiger partial charge is 0.494 e. The smallest absolute Gasteiger partial charge is 0.229 e. The number of aromatic nitrogens is 4. The number of rotatable bonds is 11. The molecule has 248 valence electrons. The van der Waals surface area contributed by atoms with Gasteiger partial charge in [0.05, 0.1) is 28.9 Å². The Hall–Kier alpha value is -3.93. The fraction of sp³-hybridized carbons (Fsp3) is 0.444. The molecule has 2 N–H and O–H groups in total. The van der Waals surface area contributed by atoms with Gasteiger partial charge >= 0.3 is 0 Å². The van der Waals surface area contributed by atoms with Crippen LogP contribution in [0.5, 0.6) is 5.75 Å². The van der Waals surface area contributed by atoms with E-state index in [0.29, 0.717) is 23.1 Å². The maximum atomic E-state index is 5.93. The molecule has 11 heteroatoms. The normalized spacial score (nSPS) is 16.5. The Bertz CT molecular complexity index is 1700. The summed E-state index contributed by atoms with van der Waals surface area (Å²) in [5.74, 6) is 1.90. The maximum Gasteiger partial charge on any atom is 0.229 e. The molecule has 2 saturated heterocycles. The predicted octanol–water partition coefficient (Wildman–Crippen LogP) is 6.84. The van der Waals surface area contributed by atoms with Gasteiger partial charge in [0.2, 0.25) is 5.95 Å². The first-order valence-corrected chi connectivity index (χ1v) is 17.6. The fourth-order valence-electron chi connectivity index (χ4n) is 6.53. The first kappa shape index (κ1) is 33.0. The summed E-state index contributed by atoms with van der Waals surface area (Å²) in [5.41, 5.74) is 6.81. The molecule has 2 aliphatic heterocycles. The van der Waals surface area contributed by atoms with Crippen molar-refractivity contribution in [1.29, 1.82) is 0 Å².